The van der Waals surface area contributed by atoms with Crippen molar-refractivity contribution in [2.24, 2.45) is 23.7 Å². The Morgan fingerprint density at radius 1 is 1.36 bits per heavy atom. The molecule has 0 aromatic rings. The van der Waals surface area contributed by atoms with Crippen LogP contribution in [0.3, 0.4) is 0 Å². The van der Waals surface area contributed by atoms with Crippen LogP contribution in [-0.4, -0.2) is 5.78 Å². The molecule has 1 aliphatic carbocycles. The van der Waals surface area contributed by atoms with Crippen molar-refractivity contribution in [1.82, 2.24) is 0 Å². The van der Waals surface area contributed by atoms with Crippen LogP contribution in [0.5, 0.6) is 0 Å². The Bertz CT molecular complexity index is 195. The molecule has 0 bridgehead atoms. The number of carbonyl (C=O) groups is 1. The molecule has 14 heavy (non-hydrogen) atoms. The first kappa shape index (κ1) is 11.7. The van der Waals surface area contributed by atoms with Crippen molar-refractivity contribution in [3.05, 3.63) is 0 Å². The van der Waals surface area contributed by atoms with Crippen LogP contribution >= 0.6 is 0 Å². The molecular formula is C13H24O. The van der Waals surface area contributed by atoms with Crippen molar-refractivity contribution < 1.29 is 4.79 Å². The molecule has 0 unspecified atom stereocenters. The van der Waals surface area contributed by atoms with E-state index >= 15 is 0 Å². The number of hydrogen-bond acceptors (Lipinski definition) is 1. The fourth-order valence-corrected chi connectivity index (χ4v) is 2.67. The van der Waals surface area contributed by atoms with Crippen molar-refractivity contribution in [1.29, 1.82) is 0 Å². The summed E-state index contributed by atoms with van der Waals surface area (Å²) in [4.78, 5) is 11.7. The predicted molar refractivity (Wildman–Crippen MR) is 60.1 cm³/mol. The fraction of sp³-hybridized carbons (Fsp3) is 0.923. The van der Waals surface area contributed by atoms with E-state index in [2.05, 4.69) is 20.8 Å². The Morgan fingerprint density at radius 3 is 2.50 bits per heavy atom. The van der Waals surface area contributed by atoms with Crippen LogP contribution in [0.1, 0.15) is 53.4 Å². The maximum atomic E-state index is 11.7. The van der Waals surface area contributed by atoms with Gasteiger partial charge in [0.1, 0.15) is 5.78 Å². The molecule has 3 atom stereocenters. The SMILES string of the molecule is CCC(=O)[C@H]1C[C@H](C(C)C)CC[C@@H]1C. The third kappa shape index (κ3) is 2.59. The molecule has 1 rings (SSSR count). The van der Waals surface area contributed by atoms with Gasteiger partial charge in [-0.1, -0.05) is 27.7 Å². The van der Waals surface area contributed by atoms with Crippen LogP contribution in [0.4, 0.5) is 0 Å². The van der Waals surface area contributed by atoms with Gasteiger partial charge >= 0.3 is 0 Å². The van der Waals surface area contributed by atoms with Crippen LogP contribution in [0.25, 0.3) is 0 Å². The number of hydrogen-bond donors (Lipinski definition) is 0. The molecule has 1 aliphatic rings. The lowest BCUT2D eigenvalue weighted by Gasteiger charge is -2.35. The fourth-order valence-electron chi connectivity index (χ4n) is 2.67. The molecule has 0 saturated heterocycles. The smallest absolute Gasteiger partial charge is 0.135 e. The van der Waals surface area contributed by atoms with Crippen LogP contribution in [0, 0.1) is 23.7 Å². The largest absolute Gasteiger partial charge is 0.299 e. The molecule has 0 aliphatic heterocycles. The maximum Gasteiger partial charge on any atom is 0.135 e. The summed E-state index contributed by atoms with van der Waals surface area (Å²) in [5.41, 5.74) is 0. The molecule has 0 spiro atoms. The van der Waals surface area contributed by atoms with E-state index in [1.54, 1.807) is 0 Å². The van der Waals surface area contributed by atoms with Gasteiger partial charge in [0, 0.05) is 12.3 Å². The highest BCUT2D eigenvalue weighted by Crippen LogP contribution is 2.38. The number of rotatable bonds is 3. The molecule has 0 aromatic heterocycles. The maximum absolute atomic E-state index is 11.7. The Morgan fingerprint density at radius 2 is 2.00 bits per heavy atom. The molecule has 82 valence electrons. The monoisotopic (exact) mass is 196 g/mol. The zero-order chi connectivity index (χ0) is 10.7. The number of carbonyl (C=O) groups excluding carboxylic acids is 1. The first-order chi connectivity index (χ1) is 6.56. The lowest BCUT2D eigenvalue weighted by atomic mass is 9.69. The zero-order valence-electron chi connectivity index (χ0n) is 10.0. The Balaban J connectivity index is 2.59. The predicted octanol–water partition coefficient (Wildman–Crippen LogP) is 3.67. The third-order valence-electron chi connectivity index (χ3n) is 3.94. The van der Waals surface area contributed by atoms with E-state index in [0.717, 1.165) is 24.7 Å². The average molecular weight is 196 g/mol. The summed E-state index contributed by atoms with van der Waals surface area (Å²) in [5, 5.41) is 0. The average Bonchev–Trinajstić information content (AvgIpc) is 2.17. The molecule has 0 aromatic carbocycles. The minimum atomic E-state index is 0.362. The highest BCUT2D eigenvalue weighted by atomic mass is 16.1. The van der Waals surface area contributed by atoms with E-state index in [0.29, 0.717) is 17.6 Å². The summed E-state index contributed by atoms with van der Waals surface area (Å²) in [5.74, 6) is 3.00. The molecule has 0 N–H and O–H groups in total. The molecule has 1 nitrogen and oxygen atoms in total. The quantitative estimate of drug-likeness (QED) is 0.673. The van der Waals surface area contributed by atoms with E-state index < -0.39 is 0 Å². The van der Waals surface area contributed by atoms with Crippen LogP contribution in [-0.2, 0) is 4.79 Å². The summed E-state index contributed by atoms with van der Waals surface area (Å²) < 4.78 is 0. The number of Topliss-reactive ketones (excluding diaryl/α,β-unsaturated/α-hetero) is 1. The summed E-state index contributed by atoms with van der Waals surface area (Å²) in [6, 6.07) is 0. The van der Waals surface area contributed by atoms with Gasteiger partial charge in [0.15, 0.2) is 0 Å². The molecule has 0 heterocycles. The van der Waals surface area contributed by atoms with Crippen molar-refractivity contribution >= 4 is 5.78 Å². The normalized spacial score (nSPS) is 33.4. The molecule has 1 heteroatoms. The van der Waals surface area contributed by atoms with E-state index in [1.165, 1.54) is 12.8 Å². The van der Waals surface area contributed by atoms with Crippen molar-refractivity contribution in [2.45, 2.75) is 53.4 Å². The van der Waals surface area contributed by atoms with Gasteiger partial charge in [-0.15, -0.1) is 0 Å². The van der Waals surface area contributed by atoms with Crippen LogP contribution < -0.4 is 0 Å². The van der Waals surface area contributed by atoms with Crippen molar-refractivity contribution in [3.63, 3.8) is 0 Å². The number of ketones is 1. The standard InChI is InChI=1S/C13H24O/c1-5-13(14)12-8-11(9(2)3)7-6-10(12)4/h9-12H,5-8H2,1-4H3/t10-,11+,12-/m0/s1. The Kier molecular flexibility index (Phi) is 4.15. The van der Waals surface area contributed by atoms with Crippen molar-refractivity contribution in [2.75, 3.05) is 0 Å². The molecular weight excluding hydrogens is 172 g/mol. The van der Waals surface area contributed by atoms with Gasteiger partial charge in [-0.3, -0.25) is 4.79 Å². The summed E-state index contributed by atoms with van der Waals surface area (Å²) in [6.07, 6.45) is 4.44. The summed E-state index contributed by atoms with van der Waals surface area (Å²) >= 11 is 0. The molecule has 1 saturated carbocycles. The second-order valence-electron chi connectivity index (χ2n) is 5.22. The van der Waals surface area contributed by atoms with Gasteiger partial charge in [0.25, 0.3) is 0 Å². The van der Waals surface area contributed by atoms with Gasteiger partial charge in [0.05, 0.1) is 0 Å². The molecule has 1 fully saturated rings. The first-order valence-electron chi connectivity index (χ1n) is 6.09. The minimum absolute atomic E-state index is 0.362. The second-order valence-corrected chi connectivity index (χ2v) is 5.22. The minimum Gasteiger partial charge on any atom is -0.299 e. The molecule has 0 amide bonds. The van der Waals surface area contributed by atoms with Crippen LogP contribution in [0.2, 0.25) is 0 Å². The van der Waals surface area contributed by atoms with E-state index in [1.807, 2.05) is 6.92 Å². The molecule has 0 radical (unpaired) electrons. The Labute approximate surface area is 88.3 Å². The van der Waals surface area contributed by atoms with Gasteiger partial charge in [-0.05, 0) is 37.0 Å². The topological polar surface area (TPSA) is 17.1 Å². The zero-order valence-corrected chi connectivity index (χ0v) is 10.0. The van der Waals surface area contributed by atoms with Crippen LogP contribution in [0.15, 0.2) is 0 Å². The van der Waals surface area contributed by atoms with Crippen molar-refractivity contribution in [3.8, 4) is 0 Å². The lowest BCUT2D eigenvalue weighted by molar-refractivity contribution is -0.125. The van der Waals surface area contributed by atoms with E-state index in [-0.39, 0.29) is 0 Å². The first-order valence-corrected chi connectivity index (χ1v) is 6.09. The third-order valence-corrected chi connectivity index (χ3v) is 3.94. The van der Waals surface area contributed by atoms with Gasteiger partial charge in [0.2, 0.25) is 0 Å². The Hall–Kier alpha value is -0.330. The van der Waals surface area contributed by atoms with Gasteiger partial charge in [-0.2, -0.15) is 0 Å². The second kappa shape index (κ2) is 4.95. The summed E-state index contributed by atoms with van der Waals surface area (Å²) in [7, 11) is 0. The lowest BCUT2D eigenvalue weighted by Crippen LogP contribution is -2.31. The summed E-state index contributed by atoms with van der Waals surface area (Å²) in [6.45, 7) is 8.81. The van der Waals surface area contributed by atoms with E-state index in [9.17, 15) is 4.79 Å². The van der Waals surface area contributed by atoms with Gasteiger partial charge in [-0.25, -0.2) is 0 Å². The highest BCUT2D eigenvalue weighted by molar-refractivity contribution is 5.81. The van der Waals surface area contributed by atoms with Gasteiger partial charge < -0.3 is 0 Å². The van der Waals surface area contributed by atoms with E-state index in [4.69, 9.17) is 0 Å². The highest BCUT2D eigenvalue weighted by Gasteiger charge is 2.32.